The minimum Gasteiger partial charge on any atom is -0.495 e. The van der Waals surface area contributed by atoms with Gasteiger partial charge in [0.2, 0.25) is 17.8 Å². The van der Waals surface area contributed by atoms with E-state index in [0.29, 0.717) is 30.7 Å². The van der Waals surface area contributed by atoms with Gasteiger partial charge in [0.25, 0.3) is 0 Å². The third kappa shape index (κ3) is 5.52. The van der Waals surface area contributed by atoms with Crippen molar-refractivity contribution in [2.24, 2.45) is 0 Å². The van der Waals surface area contributed by atoms with E-state index in [2.05, 4.69) is 30.3 Å². The number of carbonyl (C=O) groups is 2. The van der Waals surface area contributed by atoms with Crippen LogP contribution in [0.25, 0.3) is 0 Å². The molecule has 1 aromatic carbocycles. The number of nitrogens with one attached hydrogen (secondary N) is 2. The third-order valence-electron chi connectivity index (χ3n) is 5.26. The molecule has 0 spiro atoms. The lowest BCUT2D eigenvalue weighted by molar-refractivity contribution is -0.122. The molecular weight excluding hydrogens is 432 g/mol. The molecule has 1 aromatic heterocycles. The number of thioether (sulfide) groups is 1. The van der Waals surface area contributed by atoms with Gasteiger partial charge in [-0.1, -0.05) is 17.8 Å². The van der Waals surface area contributed by atoms with Crippen LogP contribution in [0.3, 0.4) is 0 Å². The number of benzene rings is 1. The lowest BCUT2D eigenvalue weighted by Crippen LogP contribution is -2.38. The smallest absolute Gasteiger partial charge is 0.243 e. The Morgan fingerprint density at radius 2 is 2.00 bits per heavy atom. The summed E-state index contributed by atoms with van der Waals surface area (Å²) in [6, 6.07) is 5.91. The summed E-state index contributed by atoms with van der Waals surface area (Å²) >= 11 is 1.34. The number of nitrogens with zero attached hydrogens (tertiary/aromatic N) is 4. The molecule has 0 unspecified atom stereocenters. The Bertz CT molecular complexity index is 971. The number of aromatic nitrogens is 3. The number of hydrogen-bond acceptors (Lipinski definition) is 8. The van der Waals surface area contributed by atoms with E-state index in [9.17, 15) is 9.59 Å². The Hall–Kier alpha value is -2.79. The van der Waals surface area contributed by atoms with Crippen molar-refractivity contribution in [2.45, 2.75) is 31.0 Å². The van der Waals surface area contributed by atoms with Crippen LogP contribution in [0.5, 0.6) is 5.75 Å². The fourth-order valence-electron chi connectivity index (χ4n) is 3.47. The highest BCUT2D eigenvalue weighted by molar-refractivity contribution is 7.99. The van der Waals surface area contributed by atoms with Crippen molar-refractivity contribution in [3.63, 3.8) is 0 Å². The molecule has 2 N–H and O–H groups in total. The molecular formula is C21H28N6O4S. The quantitative estimate of drug-likeness (QED) is 0.543. The SMILES string of the molecule is COc1ccc(C)cc1NC(=O)CNC(=O)CSc1nnc(N2CCOCC2)n1C1CC1. The summed E-state index contributed by atoms with van der Waals surface area (Å²) in [6.07, 6.45) is 2.19. The molecule has 0 bridgehead atoms. The van der Waals surface area contributed by atoms with Gasteiger partial charge >= 0.3 is 0 Å². The van der Waals surface area contributed by atoms with Crippen LogP contribution in [0, 0.1) is 6.92 Å². The molecule has 172 valence electrons. The summed E-state index contributed by atoms with van der Waals surface area (Å²) in [6.45, 7) is 4.75. The Labute approximate surface area is 191 Å². The van der Waals surface area contributed by atoms with Gasteiger partial charge in [0.05, 0.1) is 38.3 Å². The molecule has 2 amide bonds. The third-order valence-corrected chi connectivity index (χ3v) is 6.20. The van der Waals surface area contributed by atoms with E-state index in [-0.39, 0.29) is 24.1 Å². The van der Waals surface area contributed by atoms with Crippen LogP contribution < -0.4 is 20.3 Å². The minimum atomic E-state index is -0.317. The second-order valence-corrected chi connectivity index (χ2v) is 8.74. The normalized spacial score (nSPS) is 16.0. The van der Waals surface area contributed by atoms with E-state index in [4.69, 9.17) is 9.47 Å². The zero-order chi connectivity index (χ0) is 22.5. The van der Waals surface area contributed by atoms with E-state index in [1.165, 1.54) is 11.8 Å². The van der Waals surface area contributed by atoms with Crippen LogP contribution in [0.2, 0.25) is 0 Å². The van der Waals surface area contributed by atoms with Gasteiger partial charge in [0.1, 0.15) is 5.75 Å². The van der Waals surface area contributed by atoms with Crippen molar-refractivity contribution < 1.29 is 19.1 Å². The summed E-state index contributed by atoms with van der Waals surface area (Å²) in [5.41, 5.74) is 1.58. The number of morpholine rings is 1. The van der Waals surface area contributed by atoms with Crippen molar-refractivity contribution >= 4 is 35.2 Å². The topological polar surface area (TPSA) is 111 Å². The van der Waals surface area contributed by atoms with Gasteiger partial charge in [-0.3, -0.25) is 14.2 Å². The van der Waals surface area contributed by atoms with Gasteiger partial charge in [0, 0.05) is 19.1 Å². The first-order valence-corrected chi connectivity index (χ1v) is 11.7. The predicted molar refractivity (Wildman–Crippen MR) is 121 cm³/mol. The molecule has 1 aliphatic heterocycles. The maximum atomic E-state index is 12.3. The Morgan fingerprint density at radius 1 is 1.22 bits per heavy atom. The molecule has 11 heteroatoms. The standard InChI is InChI=1S/C21H28N6O4S/c1-14-3-6-17(30-2)16(11-14)23-18(28)12-22-19(29)13-32-21-25-24-20(27(21)15-4-5-15)26-7-9-31-10-8-26/h3,6,11,15H,4-5,7-10,12-13H2,1-2H3,(H,22,29)(H,23,28). The van der Waals surface area contributed by atoms with E-state index >= 15 is 0 Å². The average Bonchev–Trinajstić information content (AvgIpc) is 3.55. The lowest BCUT2D eigenvalue weighted by atomic mass is 10.2. The van der Waals surface area contributed by atoms with E-state index in [0.717, 1.165) is 42.6 Å². The second-order valence-electron chi connectivity index (χ2n) is 7.80. The van der Waals surface area contributed by atoms with E-state index in [1.54, 1.807) is 13.2 Å². The molecule has 2 aromatic rings. The molecule has 2 aliphatic rings. The largest absolute Gasteiger partial charge is 0.495 e. The Balaban J connectivity index is 1.28. The van der Waals surface area contributed by atoms with Crippen LogP contribution in [-0.2, 0) is 14.3 Å². The van der Waals surface area contributed by atoms with Crippen molar-refractivity contribution in [3.8, 4) is 5.75 Å². The number of anilines is 2. The monoisotopic (exact) mass is 460 g/mol. The molecule has 10 nitrogen and oxygen atoms in total. The molecule has 0 radical (unpaired) electrons. The molecule has 1 saturated heterocycles. The second kappa shape index (κ2) is 10.2. The minimum absolute atomic E-state index is 0.120. The van der Waals surface area contributed by atoms with Crippen molar-refractivity contribution in [1.82, 2.24) is 20.1 Å². The number of methoxy groups -OCH3 is 1. The molecule has 4 rings (SSSR count). The predicted octanol–water partition coefficient (Wildman–Crippen LogP) is 1.61. The first-order valence-electron chi connectivity index (χ1n) is 10.7. The highest BCUT2D eigenvalue weighted by Crippen LogP contribution is 2.41. The lowest BCUT2D eigenvalue weighted by Gasteiger charge is -2.27. The number of rotatable bonds is 9. The Morgan fingerprint density at radius 3 is 2.72 bits per heavy atom. The van der Waals surface area contributed by atoms with Crippen molar-refractivity contribution in [1.29, 1.82) is 0 Å². The fourth-order valence-corrected chi connectivity index (χ4v) is 4.30. The number of amides is 2. The van der Waals surface area contributed by atoms with Crippen LogP contribution in [0.1, 0.15) is 24.4 Å². The van der Waals surface area contributed by atoms with Gasteiger partial charge in [0.15, 0.2) is 5.16 Å². The van der Waals surface area contributed by atoms with Crippen molar-refractivity contribution in [2.75, 3.05) is 55.9 Å². The molecule has 0 atom stereocenters. The molecule has 1 aliphatic carbocycles. The van der Waals surface area contributed by atoms with Crippen LogP contribution in [0.15, 0.2) is 23.4 Å². The molecule has 2 fully saturated rings. The van der Waals surface area contributed by atoms with Gasteiger partial charge in [-0.25, -0.2) is 0 Å². The summed E-state index contributed by atoms with van der Waals surface area (Å²) in [4.78, 5) is 26.8. The van der Waals surface area contributed by atoms with Gasteiger partial charge in [-0.05, 0) is 37.5 Å². The maximum absolute atomic E-state index is 12.3. The molecule has 32 heavy (non-hydrogen) atoms. The van der Waals surface area contributed by atoms with Gasteiger partial charge < -0.3 is 25.0 Å². The maximum Gasteiger partial charge on any atom is 0.243 e. The number of aryl methyl sites for hydroxylation is 1. The van der Waals surface area contributed by atoms with E-state index in [1.807, 2.05) is 19.1 Å². The van der Waals surface area contributed by atoms with Crippen LogP contribution in [-0.4, -0.2) is 72.3 Å². The summed E-state index contributed by atoms with van der Waals surface area (Å²) in [5, 5.41) is 14.9. The van der Waals surface area contributed by atoms with E-state index < -0.39 is 0 Å². The average molecular weight is 461 g/mol. The highest BCUT2D eigenvalue weighted by atomic mass is 32.2. The fraction of sp³-hybridized carbons (Fsp3) is 0.524. The highest BCUT2D eigenvalue weighted by Gasteiger charge is 2.32. The first kappa shape index (κ1) is 22.4. The van der Waals surface area contributed by atoms with Crippen molar-refractivity contribution in [3.05, 3.63) is 23.8 Å². The number of ether oxygens (including phenoxy) is 2. The summed E-state index contributed by atoms with van der Waals surface area (Å²) in [7, 11) is 1.55. The molecule has 1 saturated carbocycles. The van der Waals surface area contributed by atoms with Crippen LogP contribution in [0.4, 0.5) is 11.6 Å². The summed E-state index contributed by atoms with van der Waals surface area (Å²) < 4.78 is 12.8. The number of carbonyl (C=O) groups excluding carboxylic acids is 2. The van der Waals surface area contributed by atoms with Gasteiger partial charge in [-0.2, -0.15) is 0 Å². The zero-order valence-corrected chi connectivity index (χ0v) is 19.1. The zero-order valence-electron chi connectivity index (χ0n) is 18.3. The summed E-state index contributed by atoms with van der Waals surface area (Å²) in [5.74, 6) is 1.03. The van der Waals surface area contributed by atoms with Gasteiger partial charge in [-0.15, -0.1) is 10.2 Å². The molecule has 2 heterocycles. The first-order chi connectivity index (χ1) is 15.5. The van der Waals surface area contributed by atoms with Crippen LogP contribution >= 0.6 is 11.8 Å². The Kier molecular flexibility index (Phi) is 7.15. The number of hydrogen-bond donors (Lipinski definition) is 2.